The molecule has 3 heterocycles. The highest BCUT2D eigenvalue weighted by molar-refractivity contribution is 7.23. The molecule has 0 spiro atoms. The van der Waals surface area contributed by atoms with E-state index in [1.165, 1.54) is 52.4 Å². The van der Waals surface area contributed by atoms with Crippen molar-refractivity contribution in [1.82, 2.24) is 4.98 Å². The number of unbranched alkanes of at least 4 members (excludes halogenated alkanes) is 3. The Labute approximate surface area is 184 Å². The number of halogens is 2. The molecule has 0 aliphatic rings. The number of pyridine rings is 1. The lowest BCUT2D eigenvalue weighted by atomic mass is 10.1. The normalized spacial score (nSPS) is 11.2. The van der Waals surface area contributed by atoms with Gasteiger partial charge in [-0.1, -0.05) is 26.2 Å². The minimum atomic E-state index is -0.600. The molecule has 0 radical (unpaired) electrons. The highest BCUT2D eigenvalue weighted by atomic mass is 32.1. The van der Waals surface area contributed by atoms with Gasteiger partial charge in [0.25, 0.3) is 0 Å². The number of benzene rings is 1. The number of nitrogens with zero attached hydrogens (tertiary/aromatic N) is 1. The fourth-order valence-corrected chi connectivity index (χ4v) is 5.57. The lowest BCUT2D eigenvalue weighted by molar-refractivity contribution is 0.585. The van der Waals surface area contributed by atoms with Gasteiger partial charge >= 0.3 is 0 Å². The summed E-state index contributed by atoms with van der Waals surface area (Å²) in [7, 11) is 0. The monoisotopic (exact) mass is 439 g/mol. The van der Waals surface area contributed by atoms with Crippen molar-refractivity contribution in [3.05, 3.63) is 77.3 Å². The summed E-state index contributed by atoms with van der Waals surface area (Å²) in [4.78, 5) is 9.35. The van der Waals surface area contributed by atoms with Crippen molar-refractivity contribution in [2.24, 2.45) is 0 Å². The lowest BCUT2D eigenvalue weighted by Gasteiger charge is -2.05. The van der Waals surface area contributed by atoms with E-state index in [2.05, 4.69) is 36.2 Å². The van der Waals surface area contributed by atoms with Crippen LogP contribution in [0.5, 0.6) is 0 Å². The molecule has 0 aliphatic carbocycles. The summed E-state index contributed by atoms with van der Waals surface area (Å²) in [5.41, 5.74) is 1.79. The topological polar surface area (TPSA) is 12.9 Å². The van der Waals surface area contributed by atoms with E-state index in [9.17, 15) is 8.78 Å². The van der Waals surface area contributed by atoms with Crippen molar-refractivity contribution < 1.29 is 8.78 Å². The van der Waals surface area contributed by atoms with Crippen LogP contribution in [0, 0.1) is 11.6 Å². The zero-order chi connectivity index (χ0) is 20.9. The minimum Gasteiger partial charge on any atom is -0.256 e. The zero-order valence-electron chi connectivity index (χ0n) is 16.8. The van der Waals surface area contributed by atoms with Gasteiger partial charge in [-0.05, 0) is 66.9 Å². The first-order valence-corrected chi connectivity index (χ1v) is 11.9. The van der Waals surface area contributed by atoms with E-state index in [0.29, 0.717) is 11.3 Å². The average Bonchev–Trinajstić information content (AvgIpc) is 3.41. The summed E-state index contributed by atoms with van der Waals surface area (Å²) in [6.45, 7) is 2.24. The molecule has 0 amide bonds. The number of hydrogen-bond acceptors (Lipinski definition) is 3. The number of thiophene rings is 2. The Hall–Kier alpha value is -2.37. The summed E-state index contributed by atoms with van der Waals surface area (Å²) in [6.07, 6.45) is 7.95. The molecule has 0 N–H and O–H groups in total. The second-order valence-electron chi connectivity index (χ2n) is 7.29. The van der Waals surface area contributed by atoms with Crippen LogP contribution in [0.25, 0.3) is 31.5 Å². The van der Waals surface area contributed by atoms with Crippen LogP contribution in [0.3, 0.4) is 0 Å². The molecule has 30 heavy (non-hydrogen) atoms. The quantitative estimate of drug-likeness (QED) is 0.250. The predicted molar refractivity (Wildman–Crippen MR) is 124 cm³/mol. The van der Waals surface area contributed by atoms with E-state index in [0.717, 1.165) is 22.9 Å². The van der Waals surface area contributed by atoms with Gasteiger partial charge in [0.15, 0.2) is 0 Å². The largest absolute Gasteiger partial charge is 0.256 e. The summed E-state index contributed by atoms with van der Waals surface area (Å²) in [6, 6.07) is 16.1. The molecule has 0 saturated heterocycles. The molecular formula is C25H23F2NS2. The molecule has 1 nitrogen and oxygen atoms in total. The zero-order valence-corrected chi connectivity index (χ0v) is 18.5. The van der Waals surface area contributed by atoms with E-state index in [1.54, 1.807) is 17.5 Å². The Balaban J connectivity index is 1.53. The van der Waals surface area contributed by atoms with Crippen molar-refractivity contribution in [1.29, 1.82) is 0 Å². The van der Waals surface area contributed by atoms with Crippen molar-refractivity contribution in [2.45, 2.75) is 39.0 Å². The van der Waals surface area contributed by atoms with Gasteiger partial charge in [0.2, 0.25) is 0 Å². The molecule has 4 aromatic rings. The highest BCUT2D eigenvalue weighted by Crippen LogP contribution is 2.38. The Bertz CT molecular complexity index is 1130. The first-order valence-electron chi connectivity index (χ1n) is 10.2. The van der Waals surface area contributed by atoms with Crippen LogP contribution in [0.4, 0.5) is 8.78 Å². The Kier molecular flexibility index (Phi) is 6.70. The summed E-state index contributed by atoms with van der Waals surface area (Å²) >= 11 is 3.59. The number of rotatable bonds is 8. The fraction of sp³-hybridized carbons (Fsp3) is 0.240. The lowest BCUT2D eigenvalue weighted by Crippen LogP contribution is -1.89. The molecule has 4 rings (SSSR count). The molecule has 5 heteroatoms. The number of aryl methyl sites for hydroxylation is 1. The van der Waals surface area contributed by atoms with Crippen LogP contribution < -0.4 is 0 Å². The SMILES string of the molecule is CCCCCCc1ccc(-c2ccc(-c3ccnc(-c4ccc(F)cc4F)c3)s2)s1. The summed E-state index contributed by atoms with van der Waals surface area (Å²) in [5.74, 6) is -1.19. The van der Waals surface area contributed by atoms with Gasteiger partial charge in [-0.15, -0.1) is 22.7 Å². The Morgan fingerprint density at radius 1 is 0.800 bits per heavy atom. The van der Waals surface area contributed by atoms with Crippen LogP contribution >= 0.6 is 22.7 Å². The van der Waals surface area contributed by atoms with Crippen LogP contribution in [0.15, 0.2) is 60.8 Å². The van der Waals surface area contributed by atoms with E-state index >= 15 is 0 Å². The fourth-order valence-electron chi connectivity index (χ4n) is 3.42. The van der Waals surface area contributed by atoms with Gasteiger partial charge in [0.05, 0.1) is 5.69 Å². The Morgan fingerprint density at radius 3 is 2.43 bits per heavy atom. The van der Waals surface area contributed by atoms with Crippen molar-refractivity contribution in [2.75, 3.05) is 0 Å². The van der Waals surface area contributed by atoms with Crippen molar-refractivity contribution in [3.8, 4) is 31.5 Å². The molecular weight excluding hydrogens is 416 g/mol. The molecule has 1 aromatic carbocycles. The molecule has 0 fully saturated rings. The third-order valence-corrected chi connectivity index (χ3v) is 7.51. The van der Waals surface area contributed by atoms with Gasteiger partial charge in [-0.2, -0.15) is 0 Å². The molecule has 0 atom stereocenters. The molecule has 0 bridgehead atoms. The van der Waals surface area contributed by atoms with E-state index in [-0.39, 0.29) is 0 Å². The second-order valence-corrected chi connectivity index (χ2v) is 9.55. The first kappa shape index (κ1) is 20.9. The molecule has 3 aromatic heterocycles. The van der Waals surface area contributed by atoms with Crippen LogP contribution in [0.2, 0.25) is 0 Å². The van der Waals surface area contributed by atoms with E-state index in [1.807, 2.05) is 23.5 Å². The maximum atomic E-state index is 14.2. The second kappa shape index (κ2) is 9.63. The third-order valence-electron chi connectivity index (χ3n) is 5.04. The van der Waals surface area contributed by atoms with Crippen LogP contribution in [-0.2, 0) is 6.42 Å². The van der Waals surface area contributed by atoms with Crippen LogP contribution in [-0.4, -0.2) is 4.98 Å². The van der Waals surface area contributed by atoms with E-state index < -0.39 is 11.6 Å². The maximum absolute atomic E-state index is 14.2. The van der Waals surface area contributed by atoms with Gasteiger partial charge in [0, 0.05) is 37.3 Å². The minimum absolute atomic E-state index is 0.306. The first-order chi connectivity index (χ1) is 14.6. The van der Waals surface area contributed by atoms with Crippen molar-refractivity contribution >= 4 is 22.7 Å². The average molecular weight is 440 g/mol. The Morgan fingerprint density at radius 2 is 1.60 bits per heavy atom. The summed E-state index contributed by atoms with van der Waals surface area (Å²) < 4.78 is 27.4. The third kappa shape index (κ3) is 4.85. The molecule has 154 valence electrons. The smallest absolute Gasteiger partial charge is 0.135 e. The van der Waals surface area contributed by atoms with Crippen molar-refractivity contribution in [3.63, 3.8) is 0 Å². The highest BCUT2D eigenvalue weighted by Gasteiger charge is 2.11. The van der Waals surface area contributed by atoms with Gasteiger partial charge in [-0.3, -0.25) is 4.98 Å². The number of hydrogen-bond donors (Lipinski definition) is 0. The predicted octanol–water partition coefficient (Wildman–Crippen LogP) is 8.61. The summed E-state index contributed by atoms with van der Waals surface area (Å²) in [5, 5.41) is 0. The molecule has 0 aliphatic heterocycles. The van der Waals surface area contributed by atoms with Gasteiger partial charge in [0.1, 0.15) is 11.6 Å². The maximum Gasteiger partial charge on any atom is 0.135 e. The van der Waals surface area contributed by atoms with E-state index in [4.69, 9.17) is 0 Å². The molecule has 0 saturated carbocycles. The standard InChI is InChI=1S/C25H23F2NS2/c1-2-3-4-5-6-19-8-10-24(29-19)25-12-11-23(30-25)17-13-14-28-22(15-17)20-9-7-18(26)16-21(20)27/h7-16H,2-6H2,1H3. The van der Waals surface area contributed by atoms with Gasteiger partial charge in [-0.25, -0.2) is 8.78 Å². The van der Waals surface area contributed by atoms with Crippen LogP contribution in [0.1, 0.15) is 37.5 Å². The molecule has 0 unspecified atom stereocenters. The number of aromatic nitrogens is 1. The van der Waals surface area contributed by atoms with Gasteiger partial charge < -0.3 is 0 Å².